The summed E-state index contributed by atoms with van der Waals surface area (Å²) in [7, 11) is 0. The number of halogens is 1. The first-order chi connectivity index (χ1) is 5.59. The van der Waals surface area contributed by atoms with E-state index in [2.05, 4.69) is 27.8 Å². The molecule has 1 aromatic heterocycles. The molecule has 0 spiro atoms. The summed E-state index contributed by atoms with van der Waals surface area (Å²) in [6.45, 7) is 1.95. The number of hydrogen-bond acceptors (Lipinski definition) is 2. The lowest BCUT2D eigenvalue weighted by atomic mass is 10.4. The van der Waals surface area contributed by atoms with E-state index in [9.17, 15) is 4.79 Å². The van der Waals surface area contributed by atoms with Crippen LogP contribution in [0.2, 0.25) is 0 Å². The highest BCUT2D eigenvalue weighted by Crippen LogP contribution is 2.25. The molecule has 1 heterocycles. The number of carbonyl (C=O) groups is 1. The molecule has 0 saturated carbocycles. The smallest absolute Gasteiger partial charge is 0.382 e. The maximum Gasteiger partial charge on any atom is 0.382 e. The highest BCUT2D eigenvalue weighted by molar-refractivity contribution is 9.10. The molecule has 0 amide bonds. The fraction of sp³-hybridized carbons (Fsp3) is 0.125. The number of aryl methyl sites for hydroxylation is 1. The second-order valence-electron chi connectivity index (χ2n) is 2.07. The maximum atomic E-state index is 10.1. The molecule has 0 fully saturated rings. The molecule has 1 N–H and O–H groups in total. The SMILES string of the molecule is Cc1sc(C#CC(=O)O)cc1Br. The van der Waals surface area contributed by atoms with E-state index in [0.29, 0.717) is 0 Å². The minimum Gasteiger partial charge on any atom is -0.472 e. The summed E-state index contributed by atoms with van der Waals surface area (Å²) >= 11 is 4.79. The summed E-state index contributed by atoms with van der Waals surface area (Å²) in [4.78, 5) is 12.0. The van der Waals surface area contributed by atoms with Gasteiger partial charge >= 0.3 is 5.97 Å². The van der Waals surface area contributed by atoms with Gasteiger partial charge in [-0.1, -0.05) is 0 Å². The molecule has 0 aromatic carbocycles. The quantitative estimate of drug-likeness (QED) is 0.712. The van der Waals surface area contributed by atoms with Gasteiger partial charge in [0.15, 0.2) is 0 Å². The minimum absolute atomic E-state index is 0.766. The van der Waals surface area contributed by atoms with Gasteiger partial charge in [-0.15, -0.1) is 11.3 Å². The number of carboxylic acid groups (broad SMARTS) is 1. The van der Waals surface area contributed by atoms with Crippen LogP contribution in [-0.4, -0.2) is 11.1 Å². The molecule has 0 unspecified atom stereocenters. The van der Waals surface area contributed by atoms with E-state index in [0.717, 1.165) is 14.2 Å². The Morgan fingerprint density at radius 1 is 1.75 bits per heavy atom. The zero-order chi connectivity index (χ0) is 9.14. The lowest BCUT2D eigenvalue weighted by Crippen LogP contribution is -1.85. The lowest BCUT2D eigenvalue weighted by Gasteiger charge is -1.77. The number of thiophene rings is 1. The zero-order valence-electron chi connectivity index (χ0n) is 6.22. The fourth-order valence-electron chi connectivity index (χ4n) is 0.637. The molecule has 0 aliphatic heterocycles. The van der Waals surface area contributed by atoms with Gasteiger partial charge in [0.2, 0.25) is 0 Å². The normalized spacial score (nSPS) is 8.83. The standard InChI is InChI=1S/C8H5BrO2S/c1-5-7(9)4-6(12-5)2-3-8(10)11/h4H,1H3,(H,10,11). The Morgan fingerprint density at radius 3 is 2.83 bits per heavy atom. The second-order valence-corrected chi connectivity index (χ2v) is 4.18. The Labute approximate surface area is 82.4 Å². The summed E-state index contributed by atoms with van der Waals surface area (Å²) in [5, 5.41) is 8.27. The van der Waals surface area contributed by atoms with Gasteiger partial charge in [0.1, 0.15) is 0 Å². The number of carboxylic acids is 1. The summed E-state index contributed by atoms with van der Waals surface area (Å²) < 4.78 is 0.974. The van der Waals surface area contributed by atoms with Gasteiger partial charge in [-0.2, -0.15) is 0 Å². The van der Waals surface area contributed by atoms with Crippen LogP contribution in [0.5, 0.6) is 0 Å². The first kappa shape index (κ1) is 9.30. The third-order valence-electron chi connectivity index (χ3n) is 1.15. The fourth-order valence-corrected chi connectivity index (χ4v) is 2.02. The molecule has 0 aliphatic rings. The van der Waals surface area contributed by atoms with E-state index < -0.39 is 5.97 Å². The predicted molar refractivity (Wildman–Crippen MR) is 51.3 cm³/mol. The second kappa shape index (κ2) is 3.74. The Bertz CT molecular complexity index is 351. The van der Waals surface area contributed by atoms with Crippen LogP contribution in [0.1, 0.15) is 9.75 Å². The maximum absolute atomic E-state index is 10.1. The third-order valence-corrected chi connectivity index (χ3v) is 3.20. The highest BCUT2D eigenvalue weighted by atomic mass is 79.9. The predicted octanol–water partition coefficient (Wildman–Crippen LogP) is 2.26. The van der Waals surface area contributed by atoms with Crippen LogP contribution in [0.4, 0.5) is 0 Å². The third kappa shape index (κ3) is 2.36. The Balaban J connectivity index is 2.93. The zero-order valence-corrected chi connectivity index (χ0v) is 8.62. The van der Waals surface area contributed by atoms with E-state index in [1.54, 1.807) is 0 Å². The average molecular weight is 245 g/mol. The largest absolute Gasteiger partial charge is 0.472 e. The summed E-state index contributed by atoms with van der Waals surface area (Å²) in [6, 6.07) is 1.82. The molecule has 0 aliphatic carbocycles. The van der Waals surface area contributed by atoms with Crippen LogP contribution in [-0.2, 0) is 4.79 Å². The Hall–Kier alpha value is -0.790. The molecule has 4 heteroatoms. The van der Waals surface area contributed by atoms with Crippen molar-refractivity contribution in [2.45, 2.75) is 6.92 Å². The molecule has 62 valence electrons. The van der Waals surface area contributed by atoms with E-state index in [-0.39, 0.29) is 0 Å². The van der Waals surface area contributed by atoms with E-state index in [4.69, 9.17) is 5.11 Å². The molecular weight excluding hydrogens is 240 g/mol. The first-order valence-corrected chi connectivity index (χ1v) is 4.71. The van der Waals surface area contributed by atoms with Crippen molar-refractivity contribution in [3.05, 3.63) is 20.3 Å². The Kier molecular flexibility index (Phi) is 2.90. The summed E-state index contributed by atoms with van der Waals surface area (Å²) in [6.07, 6.45) is 0. The van der Waals surface area contributed by atoms with E-state index in [1.165, 1.54) is 11.3 Å². The van der Waals surface area contributed by atoms with Crippen LogP contribution in [0.25, 0.3) is 0 Å². The van der Waals surface area contributed by atoms with Crippen LogP contribution in [0.3, 0.4) is 0 Å². The molecule has 1 rings (SSSR count). The van der Waals surface area contributed by atoms with Crippen molar-refractivity contribution in [3.63, 3.8) is 0 Å². The minimum atomic E-state index is -1.10. The first-order valence-electron chi connectivity index (χ1n) is 3.10. The number of rotatable bonds is 0. The monoisotopic (exact) mass is 244 g/mol. The molecule has 0 radical (unpaired) electrons. The highest BCUT2D eigenvalue weighted by Gasteiger charge is 1.99. The van der Waals surface area contributed by atoms with Gasteiger partial charge in [0.05, 0.1) is 4.88 Å². The molecule has 12 heavy (non-hydrogen) atoms. The van der Waals surface area contributed by atoms with Gasteiger partial charge in [-0.3, -0.25) is 0 Å². The van der Waals surface area contributed by atoms with Crippen LogP contribution in [0.15, 0.2) is 10.5 Å². The molecule has 0 atom stereocenters. The van der Waals surface area contributed by atoms with Crippen molar-refractivity contribution < 1.29 is 9.90 Å². The molecule has 0 saturated heterocycles. The summed E-state index contributed by atoms with van der Waals surface area (Å²) in [5.41, 5.74) is 0. The van der Waals surface area contributed by atoms with Gasteiger partial charge < -0.3 is 5.11 Å². The average Bonchev–Trinajstić information content (AvgIpc) is 2.28. The van der Waals surface area contributed by atoms with Crippen molar-refractivity contribution >= 4 is 33.2 Å². The van der Waals surface area contributed by atoms with Crippen molar-refractivity contribution in [2.24, 2.45) is 0 Å². The van der Waals surface area contributed by atoms with E-state index in [1.807, 2.05) is 13.0 Å². The van der Waals surface area contributed by atoms with Crippen molar-refractivity contribution in [2.75, 3.05) is 0 Å². The number of aliphatic carboxylic acids is 1. The van der Waals surface area contributed by atoms with Gasteiger partial charge in [-0.05, 0) is 34.8 Å². The molecular formula is C8H5BrO2S. The molecule has 0 bridgehead atoms. The van der Waals surface area contributed by atoms with E-state index >= 15 is 0 Å². The van der Waals surface area contributed by atoms with Gasteiger partial charge in [0.25, 0.3) is 0 Å². The molecule has 2 nitrogen and oxygen atoms in total. The van der Waals surface area contributed by atoms with Gasteiger partial charge in [0, 0.05) is 15.3 Å². The van der Waals surface area contributed by atoms with Crippen molar-refractivity contribution in [1.29, 1.82) is 0 Å². The van der Waals surface area contributed by atoms with Crippen LogP contribution < -0.4 is 0 Å². The Morgan fingerprint density at radius 2 is 2.42 bits per heavy atom. The van der Waals surface area contributed by atoms with Crippen molar-refractivity contribution in [3.8, 4) is 11.8 Å². The number of hydrogen-bond donors (Lipinski definition) is 1. The van der Waals surface area contributed by atoms with Gasteiger partial charge in [-0.25, -0.2) is 4.79 Å². The van der Waals surface area contributed by atoms with Crippen LogP contribution >= 0.6 is 27.3 Å². The van der Waals surface area contributed by atoms with Crippen molar-refractivity contribution in [1.82, 2.24) is 0 Å². The lowest BCUT2D eigenvalue weighted by molar-refractivity contribution is -0.130. The topological polar surface area (TPSA) is 37.3 Å². The molecule has 1 aromatic rings. The summed E-state index contributed by atoms with van der Waals surface area (Å²) in [5.74, 6) is 3.50. The van der Waals surface area contributed by atoms with Crippen LogP contribution in [0, 0.1) is 18.8 Å².